The normalized spacial score (nSPS) is 14.1. The number of carbonyl (C=O) groups excluding carboxylic acids is 1. The maximum Gasteiger partial charge on any atom is 0.227 e. The van der Waals surface area contributed by atoms with Crippen LogP contribution in [0.3, 0.4) is 0 Å². The second-order valence-electron chi connectivity index (χ2n) is 7.26. The Balaban J connectivity index is 1.35. The molecule has 0 radical (unpaired) electrons. The summed E-state index contributed by atoms with van der Waals surface area (Å²) < 4.78 is 13.0. The van der Waals surface area contributed by atoms with E-state index in [-0.39, 0.29) is 11.7 Å². The van der Waals surface area contributed by atoms with Crippen molar-refractivity contribution in [3.63, 3.8) is 0 Å². The van der Waals surface area contributed by atoms with E-state index >= 15 is 0 Å². The van der Waals surface area contributed by atoms with Crippen molar-refractivity contribution in [1.29, 1.82) is 0 Å². The van der Waals surface area contributed by atoms with Crippen LogP contribution in [0.2, 0.25) is 0 Å². The molecule has 0 N–H and O–H groups in total. The summed E-state index contributed by atoms with van der Waals surface area (Å²) in [5.41, 5.74) is 3.95. The molecule has 0 saturated carbocycles. The van der Waals surface area contributed by atoms with E-state index in [2.05, 4.69) is 28.1 Å². The van der Waals surface area contributed by atoms with Gasteiger partial charge in [-0.2, -0.15) is 0 Å². The Bertz CT molecular complexity index is 981. The second-order valence-corrected chi connectivity index (χ2v) is 7.26. The Hall–Kier alpha value is -3.28. The zero-order valence-electron chi connectivity index (χ0n) is 16.4. The Labute approximate surface area is 169 Å². The van der Waals surface area contributed by atoms with E-state index in [1.807, 2.05) is 35.2 Å². The Kier molecular flexibility index (Phi) is 5.51. The molecule has 1 amide bonds. The summed E-state index contributed by atoms with van der Waals surface area (Å²) in [4.78, 5) is 16.5. The summed E-state index contributed by atoms with van der Waals surface area (Å²) in [5.74, 6) is 0.606. The van der Waals surface area contributed by atoms with Gasteiger partial charge in [0.1, 0.15) is 5.82 Å². The van der Waals surface area contributed by atoms with Gasteiger partial charge in [0, 0.05) is 31.7 Å². The van der Waals surface area contributed by atoms with Gasteiger partial charge in [0.2, 0.25) is 5.91 Å². The minimum Gasteiger partial charge on any atom is -0.352 e. The minimum absolute atomic E-state index is 0.0669. The molecule has 1 aromatic heterocycles. The van der Waals surface area contributed by atoms with Crippen LogP contribution in [-0.2, 0) is 11.2 Å². The van der Waals surface area contributed by atoms with Gasteiger partial charge in [-0.05, 0) is 42.3 Å². The summed E-state index contributed by atoms with van der Waals surface area (Å²) in [5, 5.41) is 8.80. The molecule has 0 aliphatic carbocycles. The Morgan fingerprint density at radius 1 is 0.931 bits per heavy atom. The van der Waals surface area contributed by atoms with E-state index in [0.717, 1.165) is 22.6 Å². The van der Waals surface area contributed by atoms with Crippen LogP contribution in [0.15, 0.2) is 60.7 Å². The fourth-order valence-electron chi connectivity index (χ4n) is 3.57. The van der Waals surface area contributed by atoms with E-state index < -0.39 is 0 Å². The molecule has 0 atom stereocenters. The lowest BCUT2D eigenvalue weighted by atomic mass is 10.1. The average molecular weight is 390 g/mol. The minimum atomic E-state index is -0.288. The number of carbonyl (C=O) groups is 1. The average Bonchev–Trinajstić information content (AvgIpc) is 2.76. The molecular formula is C23H23FN4O. The summed E-state index contributed by atoms with van der Waals surface area (Å²) >= 11 is 0. The van der Waals surface area contributed by atoms with Crippen LogP contribution in [0.25, 0.3) is 11.3 Å². The van der Waals surface area contributed by atoms with Gasteiger partial charge in [0.25, 0.3) is 0 Å². The van der Waals surface area contributed by atoms with Crippen LogP contribution >= 0.6 is 0 Å². The van der Waals surface area contributed by atoms with Gasteiger partial charge in [-0.1, -0.05) is 36.4 Å². The fraction of sp³-hybridized carbons (Fsp3) is 0.261. The molecule has 6 heteroatoms. The lowest BCUT2D eigenvalue weighted by molar-refractivity contribution is -0.130. The molecule has 1 aliphatic heterocycles. The number of aryl methyl sites for hydroxylation is 1. The molecule has 4 rings (SSSR count). The van der Waals surface area contributed by atoms with Crippen LogP contribution in [0.5, 0.6) is 0 Å². The van der Waals surface area contributed by atoms with Crippen molar-refractivity contribution in [3.05, 3.63) is 77.6 Å². The molecule has 0 spiro atoms. The molecule has 1 saturated heterocycles. The maximum atomic E-state index is 13.0. The molecule has 0 bridgehead atoms. The van der Waals surface area contributed by atoms with Gasteiger partial charge in [-0.25, -0.2) is 4.39 Å². The first-order chi connectivity index (χ1) is 14.1. The Morgan fingerprint density at radius 3 is 2.31 bits per heavy atom. The second kappa shape index (κ2) is 8.39. The highest BCUT2D eigenvalue weighted by Crippen LogP contribution is 2.22. The molecule has 1 fully saturated rings. The predicted octanol–water partition coefficient (Wildman–Crippen LogP) is 3.48. The van der Waals surface area contributed by atoms with Crippen LogP contribution in [-0.4, -0.2) is 47.2 Å². The first-order valence-corrected chi connectivity index (χ1v) is 9.77. The third-order valence-electron chi connectivity index (χ3n) is 5.30. The van der Waals surface area contributed by atoms with Crippen molar-refractivity contribution >= 4 is 11.7 Å². The maximum absolute atomic E-state index is 13.0. The van der Waals surface area contributed by atoms with E-state index in [1.165, 1.54) is 17.7 Å². The molecule has 5 nitrogen and oxygen atoms in total. The highest BCUT2D eigenvalue weighted by atomic mass is 19.1. The number of amides is 1. The Morgan fingerprint density at radius 2 is 1.66 bits per heavy atom. The van der Waals surface area contributed by atoms with Gasteiger partial charge >= 0.3 is 0 Å². The number of hydrogen-bond donors (Lipinski definition) is 0. The van der Waals surface area contributed by atoms with Gasteiger partial charge in [-0.3, -0.25) is 4.79 Å². The van der Waals surface area contributed by atoms with Crippen LogP contribution in [0.4, 0.5) is 10.2 Å². The number of hydrogen-bond acceptors (Lipinski definition) is 4. The zero-order valence-corrected chi connectivity index (χ0v) is 16.4. The van der Waals surface area contributed by atoms with Crippen molar-refractivity contribution in [3.8, 4) is 11.3 Å². The third-order valence-corrected chi connectivity index (χ3v) is 5.30. The van der Waals surface area contributed by atoms with Crippen molar-refractivity contribution in [1.82, 2.24) is 15.1 Å². The summed E-state index contributed by atoms with van der Waals surface area (Å²) in [7, 11) is 0. The van der Waals surface area contributed by atoms with Crippen LogP contribution in [0, 0.1) is 12.7 Å². The van der Waals surface area contributed by atoms with E-state index in [9.17, 15) is 9.18 Å². The van der Waals surface area contributed by atoms with E-state index in [0.29, 0.717) is 32.6 Å². The summed E-state index contributed by atoms with van der Waals surface area (Å²) in [6, 6.07) is 18.2. The number of piperazine rings is 1. The number of rotatable bonds is 4. The lowest BCUT2D eigenvalue weighted by Crippen LogP contribution is -2.49. The van der Waals surface area contributed by atoms with Crippen LogP contribution < -0.4 is 4.90 Å². The first-order valence-electron chi connectivity index (χ1n) is 9.77. The first kappa shape index (κ1) is 19.1. The van der Waals surface area contributed by atoms with Crippen molar-refractivity contribution in [2.24, 2.45) is 0 Å². The predicted molar refractivity (Wildman–Crippen MR) is 111 cm³/mol. The van der Waals surface area contributed by atoms with Gasteiger partial charge in [0.05, 0.1) is 12.1 Å². The summed E-state index contributed by atoms with van der Waals surface area (Å²) in [6.45, 7) is 4.77. The lowest BCUT2D eigenvalue weighted by Gasteiger charge is -2.35. The molecule has 148 valence electrons. The zero-order chi connectivity index (χ0) is 20.2. The van der Waals surface area contributed by atoms with Crippen molar-refractivity contribution in [2.45, 2.75) is 13.3 Å². The topological polar surface area (TPSA) is 49.3 Å². The molecule has 0 unspecified atom stereocenters. The van der Waals surface area contributed by atoms with E-state index in [1.54, 1.807) is 12.1 Å². The molecule has 2 heterocycles. The third kappa shape index (κ3) is 4.42. The van der Waals surface area contributed by atoms with Crippen LogP contribution in [0.1, 0.15) is 11.1 Å². The number of aromatic nitrogens is 2. The van der Waals surface area contributed by atoms with Gasteiger partial charge in [-0.15, -0.1) is 10.2 Å². The van der Waals surface area contributed by atoms with E-state index in [4.69, 9.17) is 0 Å². The summed E-state index contributed by atoms with van der Waals surface area (Å²) in [6.07, 6.45) is 0.297. The molecular weight excluding hydrogens is 367 g/mol. The largest absolute Gasteiger partial charge is 0.352 e. The standard InChI is InChI=1S/C23H23FN4O/c1-17-4-2-3-5-20(17)21-10-11-22(26-25-21)27-12-14-28(15-13-27)23(29)16-18-6-8-19(24)9-7-18/h2-11H,12-16H2,1H3. The number of benzene rings is 2. The smallest absolute Gasteiger partial charge is 0.227 e. The van der Waals surface area contributed by atoms with Crippen molar-refractivity contribution in [2.75, 3.05) is 31.1 Å². The van der Waals surface area contributed by atoms with Gasteiger partial charge < -0.3 is 9.80 Å². The molecule has 1 aliphatic rings. The molecule has 29 heavy (non-hydrogen) atoms. The highest BCUT2D eigenvalue weighted by Gasteiger charge is 2.22. The fourth-order valence-corrected chi connectivity index (χ4v) is 3.57. The highest BCUT2D eigenvalue weighted by molar-refractivity contribution is 5.79. The molecule has 3 aromatic rings. The quantitative estimate of drug-likeness (QED) is 0.684. The van der Waals surface area contributed by atoms with Gasteiger partial charge in [0.15, 0.2) is 5.82 Å². The number of halogens is 1. The number of anilines is 1. The monoisotopic (exact) mass is 390 g/mol. The molecule has 2 aromatic carbocycles. The number of nitrogens with zero attached hydrogens (tertiary/aromatic N) is 4. The SMILES string of the molecule is Cc1ccccc1-c1ccc(N2CCN(C(=O)Cc3ccc(F)cc3)CC2)nn1. The van der Waals surface area contributed by atoms with Crippen molar-refractivity contribution < 1.29 is 9.18 Å².